The molecule has 6 rings (SSSR count). The second-order valence-electron chi connectivity index (χ2n) is 13.5. The van der Waals surface area contributed by atoms with Gasteiger partial charge in [-0.3, -0.25) is 19.5 Å². The standard InChI is InChI=1S/C42H48N4O6.2FH/c43-31-12-16-33(17-13-31)52-42(50)45-37-26-29(11-18-34(37)30-7-2-1-3-8-30)6-4-5-25-51-32-14-9-28(10-15-32)23-24-44-27-39(48)35-19-21-38(47)41-36(35)20-22-40(49)46-41;;/h1-3,7-11,14-15,18-22,26,31,33,39,44,47-48H,4-6,12-13,16-17,23-25,27,43H2,(H,45,50)(H,46,49);2*1H/t31?,33?,39-;;/m0../s1. The van der Waals surface area contributed by atoms with Gasteiger partial charge in [-0.1, -0.05) is 60.7 Å². The molecule has 1 aliphatic rings. The third-order valence-electron chi connectivity index (χ3n) is 9.64. The molecule has 1 aromatic heterocycles. The Bertz CT molecular complexity index is 1990. The number of hydrogen-bond donors (Lipinski definition) is 6. The number of fused-ring (bicyclic) bond motifs is 1. The molecule has 0 spiro atoms. The lowest BCUT2D eigenvalue weighted by molar-refractivity contribution is 0.0826. The van der Waals surface area contributed by atoms with Crippen LogP contribution in [0.5, 0.6) is 11.5 Å². The predicted molar refractivity (Wildman–Crippen MR) is 210 cm³/mol. The highest BCUT2D eigenvalue weighted by Crippen LogP contribution is 2.31. The zero-order chi connectivity index (χ0) is 36.3. The molecule has 1 aliphatic carbocycles. The van der Waals surface area contributed by atoms with E-state index in [1.54, 1.807) is 12.1 Å². The maximum absolute atomic E-state index is 12.9. The minimum absolute atomic E-state index is 0. The molecule has 1 fully saturated rings. The van der Waals surface area contributed by atoms with Crippen LogP contribution in [0.2, 0.25) is 0 Å². The highest BCUT2D eigenvalue weighted by Gasteiger charge is 2.22. The summed E-state index contributed by atoms with van der Waals surface area (Å²) in [5, 5.41) is 27.8. The van der Waals surface area contributed by atoms with Gasteiger partial charge in [-0.15, -0.1) is 0 Å². The number of nitrogens with two attached hydrogens (primary N) is 1. The summed E-state index contributed by atoms with van der Waals surface area (Å²) in [6, 6.07) is 30.7. The summed E-state index contributed by atoms with van der Waals surface area (Å²) in [6.07, 6.45) is 5.47. The number of carbonyl (C=O) groups excluding carboxylic acids is 1. The monoisotopic (exact) mass is 744 g/mol. The number of aryl methyl sites for hydroxylation is 1. The maximum Gasteiger partial charge on any atom is 0.411 e. The average Bonchev–Trinajstić information content (AvgIpc) is 3.15. The third-order valence-corrected chi connectivity index (χ3v) is 9.64. The number of unbranched alkanes of at least 4 members (excludes halogenated alkanes) is 1. The number of aromatic amines is 1. The van der Waals surface area contributed by atoms with Crippen molar-refractivity contribution in [3.05, 3.63) is 124 Å². The van der Waals surface area contributed by atoms with Crippen LogP contribution in [-0.2, 0) is 17.6 Å². The molecular formula is C42H50F2N4O6. The molecule has 0 saturated heterocycles. The largest absolute Gasteiger partial charge is 0.506 e. The number of carbonyl (C=O) groups is 1. The number of ether oxygens (including phenoxy) is 2. The van der Waals surface area contributed by atoms with Crippen LogP contribution in [0.1, 0.15) is 61.3 Å². The van der Waals surface area contributed by atoms with Crippen molar-refractivity contribution in [2.45, 2.75) is 69.6 Å². The van der Waals surface area contributed by atoms with Crippen LogP contribution in [0.15, 0.2) is 102 Å². The first-order valence-corrected chi connectivity index (χ1v) is 18.2. The predicted octanol–water partition coefficient (Wildman–Crippen LogP) is 7.29. The summed E-state index contributed by atoms with van der Waals surface area (Å²) in [5.74, 6) is 0.792. The van der Waals surface area contributed by atoms with Gasteiger partial charge in [-0.05, 0) is 110 Å². The molecule has 5 aromatic rings. The van der Waals surface area contributed by atoms with E-state index in [9.17, 15) is 19.8 Å². The summed E-state index contributed by atoms with van der Waals surface area (Å²) in [7, 11) is 0. The molecule has 0 bridgehead atoms. The number of phenols is 1. The van der Waals surface area contributed by atoms with E-state index in [1.165, 1.54) is 12.1 Å². The molecule has 1 amide bonds. The molecule has 4 aromatic carbocycles. The first-order chi connectivity index (χ1) is 25.3. The lowest BCUT2D eigenvalue weighted by Crippen LogP contribution is -2.32. The molecule has 12 heteroatoms. The molecule has 1 heterocycles. The van der Waals surface area contributed by atoms with Crippen LogP contribution in [0.4, 0.5) is 19.9 Å². The Morgan fingerprint density at radius 3 is 2.37 bits per heavy atom. The molecule has 0 unspecified atom stereocenters. The summed E-state index contributed by atoms with van der Waals surface area (Å²) in [5.41, 5.74) is 11.7. The van der Waals surface area contributed by atoms with Gasteiger partial charge >= 0.3 is 6.09 Å². The van der Waals surface area contributed by atoms with Crippen molar-refractivity contribution in [1.29, 1.82) is 0 Å². The highest BCUT2D eigenvalue weighted by atomic mass is 19.0. The number of nitrogens with one attached hydrogen (secondary N) is 3. The van der Waals surface area contributed by atoms with E-state index in [4.69, 9.17) is 15.2 Å². The molecule has 0 aliphatic heterocycles. The smallest absolute Gasteiger partial charge is 0.411 e. The van der Waals surface area contributed by atoms with Crippen LogP contribution < -0.4 is 26.7 Å². The van der Waals surface area contributed by atoms with Gasteiger partial charge in [0.2, 0.25) is 5.56 Å². The molecule has 1 atom stereocenters. The third kappa shape index (κ3) is 11.3. The lowest BCUT2D eigenvalue weighted by atomic mass is 9.94. The van der Waals surface area contributed by atoms with Gasteiger partial charge in [0.1, 0.15) is 17.6 Å². The quantitative estimate of drug-likeness (QED) is 0.0610. The van der Waals surface area contributed by atoms with Gasteiger partial charge < -0.3 is 35.7 Å². The van der Waals surface area contributed by atoms with Gasteiger partial charge in [0.25, 0.3) is 0 Å². The lowest BCUT2D eigenvalue weighted by Gasteiger charge is -2.26. The van der Waals surface area contributed by atoms with E-state index in [2.05, 4.69) is 27.8 Å². The van der Waals surface area contributed by atoms with Crippen molar-refractivity contribution >= 4 is 22.7 Å². The number of benzene rings is 4. The van der Waals surface area contributed by atoms with Crippen LogP contribution in [0.25, 0.3) is 22.0 Å². The fourth-order valence-corrected chi connectivity index (χ4v) is 6.72. The summed E-state index contributed by atoms with van der Waals surface area (Å²) in [6.45, 7) is 1.60. The van der Waals surface area contributed by atoms with Gasteiger partial charge in [-0.2, -0.15) is 0 Å². The zero-order valence-electron chi connectivity index (χ0n) is 30.2. The van der Waals surface area contributed by atoms with Gasteiger partial charge in [0, 0.05) is 29.6 Å². The number of halogens is 2. The van der Waals surface area contributed by atoms with Crippen molar-refractivity contribution in [3.8, 4) is 22.6 Å². The Hall–Kier alpha value is -5.30. The molecular weight excluding hydrogens is 694 g/mol. The van der Waals surface area contributed by atoms with E-state index < -0.39 is 12.2 Å². The number of anilines is 1. The fraction of sp³-hybridized carbons (Fsp3) is 0.333. The van der Waals surface area contributed by atoms with E-state index in [-0.39, 0.29) is 32.9 Å². The number of H-pyrrole nitrogens is 1. The van der Waals surface area contributed by atoms with E-state index >= 15 is 0 Å². The first kappa shape index (κ1) is 41.5. The van der Waals surface area contributed by atoms with Crippen LogP contribution in [-0.4, -0.2) is 53.1 Å². The second-order valence-corrected chi connectivity index (χ2v) is 13.5. The van der Waals surface area contributed by atoms with Gasteiger partial charge in [0.15, 0.2) is 0 Å². The van der Waals surface area contributed by atoms with E-state index in [1.807, 2.05) is 60.7 Å². The highest BCUT2D eigenvalue weighted by molar-refractivity contribution is 5.92. The van der Waals surface area contributed by atoms with Gasteiger partial charge in [-0.25, -0.2) is 4.79 Å². The Kier molecular flexibility index (Phi) is 15.5. The Morgan fingerprint density at radius 2 is 1.61 bits per heavy atom. The van der Waals surface area contributed by atoms with Crippen LogP contribution in [0.3, 0.4) is 0 Å². The molecule has 10 nitrogen and oxygen atoms in total. The summed E-state index contributed by atoms with van der Waals surface area (Å²) < 4.78 is 11.8. The van der Waals surface area contributed by atoms with E-state index in [0.717, 1.165) is 85.1 Å². The van der Waals surface area contributed by atoms with Crippen molar-refractivity contribution < 1.29 is 33.9 Å². The number of hydrogen-bond acceptors (Lipinski definition) is 8. The number of aliphatic hydroxyl groups is 1. The normalized spacial score (nSPS) is 15.7. The number of aromatic hydroxyl groups is 1. The number of amides is 1. The Balaban J connectivity index is 0.00000325. The SMILES string of the molecule is F.F.NC1CCC(OC(=O)Nc2cc(CCCCOc3ccc(CCNC[C@H](O)c4ccc(O)c5[nH]c(=O)ccc45)cc3)ccc2-c2ccccc2)CC1. The number of aromatic nitrogens is 1. The Morgan fingerprint density at radius 1 is 0.870 bits per heavy atom. The van der Waals surface area contributed by atoms with Crippen LogP contribution in [0, 0.1) is 0 Å². The molecule has 0 radical (unpaired) electrons. The van der Waals surface area contributed by atoms with Crippen molar-refractivity contribution in [2.24, 2.45) is 5.73 Å². The van der Waals surface area contributed by atoms with Crippen molar-refractivity contribution in [2.75, 3.05) is 25.0 Å². The van der Waals surface area contributed by atoms with Gasteiger partial charge in [0.05, 0.1) is 23.9 Å². The van der Waals surface area contributed by atoms with Crippen molar-refractivity contribution in [1.82, 2.24) is 10.3 Å². The average molecular weight is 745 g/mol. The van der Waals surface area contributed by atoms with Crippen molar-refractivity contribution in [3.63, 3.8) is 0 Å². The summed E-state index contributed by atoms with van der Waals surface area (Å²) >= 11 is 0. The summed E-state index contributed by atoms with van der Waals surface area (Å²) in [4.78, 5) is 27.2. The maximum atomic E-state index is 12.9. The minimum atomic E-state index is -0.799. The number of aliphatic hydroxyl groups excluding tert-OH is 1. The number of pyridine rings is 1. The number of rotatable bonds is 15. The minimum Gasteiger partial charge on any atom is -0.506 e. The van der Waals surface area contributed by atoms with Crippen LogP contribution >= 0.6 is 0 Å². The Labute approximate surface area is 313 Å². The van der Waals surface area contributed by atoms with E-state index in [0.29, 0.717) is 36.2 Å². The zero-order valence-corrected chi connectivity index (χ0v) is 30.2. The topological polar surface area (TPSA) is 159 Å². The fourth-order valence-electron chi connectivity index (χ4n) is 6.72. The second kappa shape index (κ2) is 20.2. The molecule has 288 valence electrons. The number of phenolic OH excluding ortho intramolecular Hbond substituents is 1. The molecule has 7 N–H and O–H groups in total. The first-order valence-electron chi connectivity index (χ1n) is 18.2. The molecule has 1 saturated carbocycles. The molecule has 54 heavy (non-hydrogen) atoms.